The highest BCUT2D eigenvalue weighted by Gasteiger charge is 2.11. The first-order valence-electron chi connectivity index (χ1n) is 8.96. The lowest BCUT2D eigenvalue weighted by atomic mass is 10.1. The van der Waals surface area contributed by atoms with Crippen LogP contribution in [0.1, 0.15) is 35.0 Å². The van der Waals surface area contributed by atoms with E-state index in [1.807, 2.05) is 31.2 Å². The summed E-state index contributed by atoms with van der Waals surface area (Å²) in [5.41, 5.74) is 8.91. The van der Waals surface area contributed by atoms with E-state index in [2.05, 4.69) is 29.4 Å². The van der Waals surface area contributed by atoms with Crippen molar-refractivity contribution < 1.29 is 9.53 Å². The summed E-state index contributed by atoms with van der Waals surface area (Å²) < 4.78 is 5.85. The summed E-state index contributed by atoms with van der Waals surface area (Å²) in [7, 11) is 0. The Kier molecular flexibility index (Phi) is 5.71. The molecule has 5 heteroatoms. The van der Waals surface area contributed by atoms with Crippen LogP contribution in [0.25, 0.3) is 0 Å². The van der Waals surface area contributed by atoms with Crippen LogP contribution >= 0.6 is 0 Å². The third kappa shape index (κ3) is 4.85. The summed E-state index contributed by atoms with van der Waals surface area (Å²) in [5.74, 6) is 1.41. The van der Waals surface area contributed by atoms with Crippen molar-refractivity contribution in [1.82, 2.24) is 4.98 Å². The first-order chi connectivity index (χ1) is 13.0. The van der Waals surface area contributed by atoms with Gasteiger partial charge in [-0.15, -0.1) is 0 Å². The number of nitrogen functional groups attached to an aromatic ring is 1. The molecule has 0 aliphatic heterocycles. The highest BCUT2D eigenvalue weighted by molar-refractivity contribution is 6.07. The van der Waals surface area contributed by atoms with Gasteiger partial charge in [0.05, 0.1) is 5.56 Å². The lowest BCUT2D eigenvalue weighted by Gasteiger charge is -2.10. The lowest BCUT2D eigenvalue weighted by Crippen LogP contribution is -2.15. The zero-order chi connectivity index (χ0) is 19.2. The minimum absolute atomic E-state index is 0.221. The van der Waals surface area contributed by atoms with Gasteiger partial charge in [0.1, 0.15) is 17.3 Å². The molecule has 138 valence electrons. The fourth-order valence-electron chi connectivity index (χ4n) is 2.72. The van der Waals surface area contributed by atoms with E-state index in [-0.39, 0.29) is 11.7 Å². The molecule has 27 heavy (non-hydrogen) atoms. The monoisotopic (exact) mass is 361 g/mol. The van der Waals surface area contributed by atoms with Crippen molar-refractivity contribution in [3.05, 3.63) is 77.5 Å². The van der Waals surface area contributed by atoms with Crippen molar-refractivity contribution in [2.45, 2.75) is 26.7 Å². The molecule has 2 aromatic carbocycles. The number of carbonyl (C=O) groups excluding carboxylic acids is 1. The summed E-state index contributed by atoms with van der Waals surface area (Å²) in [6, 6.07) is 18.7. The van der Waals surface area contributed by atoms with Crippen molar-refractivity contribution in [3.8, 4) is 11.5 Å². The Morgan fingerprint density at radius 2 is 1.63 bits per heavy atom. The van der Waals surface area contributed by atoms with Gasteiger partial charge in [-0.05, 0) is 67.4 Å². The van der Waals surface area contributed by atoms with Gasteiger partial charge in [0, 0.05) is 11.4 Å². The number of rotatable bonds is 6. The van der Waals surface area contributed by atoms with Crippen molar-refractivity contribution in [3.63, 3.8) is 0 Å². The van der Waals surface area contributed by atoms with Gasteiger partial charge in [-0.3, -0.25) is 4.79 Å². The van der Waals surface area contributed by atoms with Crippen LogP contribution in [0, 0.1) is 6.92 Å². The number of nitrogens with two attached hydrogens (primary N) is 1. The molecule has 1 aromatic heterocycles. The van der Waals surface area contributed by atoms with Gasteiger partial charge in [-0.1, -0.05) is 25.5 Å². The maximum Gasteiger partial charge on any atom is 0.259 e. The Labute approximate surface area is 159 Å². The molecule has 0 atom stereocenters. The van der Waals surface area contributed by atoms with Crippen LogP contribution in [0.3, 0.4) is 0 Å². The molecule has 5 nitrogen and oxygen atoms in total. The van der Waals surface area contributed by atoms with Crippen LogP contribution in [0.15, 0.2) is 60.7 Å². The number of carbonyl (C=O) groups is 1. The molecule has 0 bridgehead atoms. The molecule has 0 saturated carbocycles. The molecule has 1 amide bonds. The predicted octanol–water partition coefficient (Wildman–Crippen LogP) is 4.97. The van der Waals surface area contributed by atoms with Crippen molar-refractivity contribution in [1.29, 1.82) is 0 Å². The van der Waals surface area contributed by atoms with Crippen LogP contribution in [0.5, 0.6) is 11.5 Å². The second-order valence-corrected chi connectivity index (χ2v) is 6.36. The Bertz CT molecular complexity index is 919. The van der Waals surface area contributed by atoms with Gasteiger partial charge in [0.15, 0.2) is 0 Å². The zero-order valence-corrected chi connectivity index (χ0v) is 15.5. The summed E-state index contributed by atoms with van der Waals surface area (Å²) in [6.07, 6.45) is 2.19. The number of nitrogens with one attached hydrogen (secondary N) is 1. The quantitative estimate of drug-likeness (QED) is 0.650. The second-order valence-electron chi connectivity index (χ2n) is 6.36. The van der Waals surface area contributed by atoms with Gasteiger partial charge in [0.2, 0.25) is 0 Å². The maximum atomic E-state index is 12.3. The Hall–Kier alpha value is -3.34. The number of amides is 1. The number of anilines is 2. The van der Waals surface area contributed by atoms with Gasteiger partial charge in [-0.2, -0.15) is 0 Å². The molecule has 3 aromatic rings. The average Bonchev–Trinajstić information content (AvgIpc) is 2.65. The standard InChI is InChI=1S/C22H23N3O2/c1-3-4-16-6-10-18(11-7-16)27-19-12-8-17(9-13-19)25-22(26)20-14-5-15(2)24-21(20)23/h5-14H,3-4H2,1-2H3,(H2,23,24)(H,25,26). The van der Waals surface area contributed by atoms with Crippen LogP contribution in [-0.2, 0) is 6.42 Å². The number of hydrogen-bond donors (Lipinski definition) is 2. The third-order valence-corrected chi connectivity index (χ3v) is 4.12. The normalized spacial score (nSPS) is 10.4. The molecule has 0 unspecified atom stereocenters. The van der Waals surface area contributed by atoms with Gasteiger partial charge < -0.3 is 15.8 Å². The minimum Gasteiger partial charge on any atom is -0.457 e. The van der Waals surface area contributed by atoms with Gasteiger partial charge in [-0.25, -0.2) is 4.98 Å². The van der Waals surface area contributed by atoms with Crippen molar-refractivity contribution in [2.24, 2.45) is 0 Å². The number of aromatic nitrogens is 1. The first kappa shape index (κ1) is 18.5. The number of benzene rings is 2. The highest BCUT2D eigenvalue weighted by atomic mass is 16.5. The molecule has 0 aliphatic rings. The number of nitrogens with zero attached hydrogens (tertiary/aromatic N) is 1. The lowest BCUT2D eigenvalue weighted by molar-refractivity contribution is 0.102. The molecule has 3 N–H and O–H groups in total. The first-order valence-corrected chi connectivity index (χ1v) is 8.96. The summed E-state index contributed by atoms with van der Waals surface area (Å²) in [5, 5.41) is 2.82. The van der Waals surface area contributed by atoms with Crippen LogP contribution in [-0.4, -0.2) is 10.9 Å². The smallest absolute Gasteiger partial charge is 0.259 e. The highest BCUT2D eigenvalue weighted by Crippen LogP contribution is 2.24. The van der Waals surface area contributed by atoms with Crippen molar-refractivity contribution in [2.75, 3.05) is 11.1 Å². The van der Waals surface area contributed by atoms with E-state index in [4.69, 9.17) is 10.5 Å². The molecular weight excluding hydrogens is 338 g/mol. The third-order valence-electron chi connectivity index (χ3n) is 4.12. The molecule has 3 rings (SSSR count). The fourth-order valence-corrected chi connectivity index (χ4v) is 2.72. The fraction of sp³-hybridized carbons (Fsp3) is 0.182. The number of ether oxygens (including phenoxy) is 1. The summed E-state index contributed by atoms with van der Waals surface area (Å²) in [6.45, 7) is 3.99. The molecule has 0 radical (unpaired) electrons. The van der Waals surface area contributed by atoms with E-state index in [9.17, 15) is 4.79 Å². The van der Waals surface area contributed by atoms with Crippen LogP contribution < -0.4 is 15.8 Å². The van der Waals surface area contributed by atoms with Crippen molar-refractivity contribution >= 4 is 17.4 Å². The number of pyridine rings is 1. The largest absolute Gasteiger partial charge is 0.457 e. The summed E-state index contributed by atoms with van der Waals surface area (Å²) >= 11 is 0. The van der Waals surface area contributed by atoms with E-state index in [0.717, 1.165) is 24.3 Å². The number of hydrogen-bond acceptors (Lipinski definition) is 4. The Balaban J connectivity index is 1.63. The van der Waals surface area contributed by atoms with Gasteiger partial charge >= 0.3 is 0 Å². The maximum absolute atomic E-state index is 12.3. The molecule has 0 spiro atoms. The average molecular weight is 361 g/mol. The van der Waals surface area contributed by atoms with Gasteiger partial charge in [0.25, 0.3) is 5.91 Å². The zero-order valence-electron chi connectivity index (χ0n) is 15.5. The molecule has 0 aliphatic carbocycles. The molecule has 1 heterocycles. The molecule has 0 fully saturated rings. The van der Waals surface area contributed by atoms with E-state index in [1.54, 1.807) is 24.3 Å². The number of aryl methyl sites for hydroxylation is 2. The Morgan fingerprint density at radius 1 is 1.00 bits per heavy atom. The minimum atomic E-state index is -0.291. The SMILES string of the molecule is CCCc1ccc(Oc2ccc(NC(=O)c3ccc(C)nc3N)cc2)cc1. The van der Waals surface area contributed by atoms with Crippen LogP contribution in [0.4, 0.5) is 11.5 Å². The molecular formula is C22H23N3O2. The summed E-state index contributed by atoms with van der Waals surface area (Å²) in [4.78, 5) is 16.5. The molecule has 0 saturated heterocycles. The second kappa shape index (κ2) is 8.36. The Morgan fingerprint density at radius 3 is 2.22 bits per heavy atom. The van der Waals surface area contributed by atoms with Crippen LogP contribution in [0.2, 0.25) is 0 Å². The predicted molar refractivity (Wildman–Crippen MR) is 108 cm³/mol. The van der Waals surface area contributed by atoms with E-state index in [0.29, 0.717) is 17.0 Å². The topological polar surface area (TPSA) is 77.2 Å². The van der Waals surface area contributed by atoms with E-state index in [1.165, 1.54) is 5.56 Å². The van der Waals surface area contributed by atoms with E-state index >= 15 is 0 Å². The van der Waals surface area contributed by atoms with E-state index < -0.39 is 0 Å².